The highest BCUT2D eigenvalue weighted by atomic mass is 16.4. The van der Waals surface area contributed by atoms with E-state index in [2.05, 4.69) is 30.9 Å². The Morgan fingerprint density at radius 2 is 1.83 bits per heavy atom. The molecule has 2 aromatic rings. The van der Waals surface area contributed by atoms with Crippen LogP contribution in [-0.2, 0) is 6.42 Å². The van der Waals surface area contributed by atoms with Crippen LogP contribution >= 0.6 is 0 Å². The molecule has 1 saturated heterocycles. The lowest BCUT2D eigenvalue weighted by atomic mass is 9.89. The van der Waals surface area contributed by atoms with E-state index in [1.54, 1.807) is 13.0 Å². The maximum atomic E-state index is 13.1. The number of carbonyl (C=O) groups is 2. The van der Waals surface area contributed by atoms with Crippen LogP contribution in [0, 0.1) is 5.92 Å². The minimum absolute atomic E-state index is 0.0345. The monoisotopic (exact) mass is 405 g/mol. The minimum atomic E-state index is 0.0345. The highest BCUT2D eigenvalue weighted by Crippen LogP contribution is 2.37. The lowest BCUT2D eigenvalue weighted by molar-refractivity contribution is 0.0969. The molecule has 1 aromatic heterocycles. The van der Waals surface area contributed by atoms with E-state index in [0.717, 1.165) is 54.3 Å². The number of hydrogen-bond donors (Lipinski definition) is 0. The molecule has 4 heteroatoms. The summed E-state index contributed by atoms with van der Waals surface area (Å²) in [6.45, 7) is 7.94. The van der Waals surface area contributed by atoms with Gasteiger partial charge in [0, 0.05) is 36.7 Å². The zero-order chi connectivity index (χ0) is 21.3. The quantitative estimate of drug-likeness (QED) is 0.579. The van der Waals surface area contributed by atoms with Crippen LogP contribution in [0.15, 0.2) is 40.3 Å². The third kappa shape index (κ3) is 4.14. The average Bonchev–Trinajstić information content (AvgIpc) is 3.22. The predicted octanol–water partition coefficient (Wildman–Crippen LogP) is 6.10. The molecule has 1 fully saturated rings. The molecule has 0 bridgehead atoms. The molecule has 1 unspecified atom stereocenters. The third-order valence-electron chi connectivity index (χ3n) is 6.55. The Balaban J connectivity index is 1.65. The van der Waals surface area contributed by atoms with Crippen LogP contribution in [0.4, 0.5) is 5.88 Å². The molecule has 1 aliphatic heterocycles. The molecule has 158 valence electrons. The smallest absolute Gasteiger partial charge is 0.196 e. The van der Waals surface area contributed by atoms with Gasteiger partial charge in [-0.3, -0.25) is 9.59 Å². The minimum Gasteiger partial charge on any atom is -0.441 e. The van der Waals surface area contributed by atoms with Gasteiger partial charge in [-0.1, -0.05) is 24.6 Å². The second kappa shape index (κ2) is 8.63. The Hall–Kier alpha value is -2.62. The highest BCUT2D eigenvalue weighted by molar-refractivity contribution is 6.01. The first kappa shape index (κ1) is 20.6. The molecule has 1 atom stereocenters. The molecule has 0 N–H and O–H groups in total. The normalized spacial score (nSPS) is 22.8. The summed E-state index contributed by atoms with van der Waals surface area (Å²) in [5.74, 6) is 2.09. The van der Waals surface area contributed by atoms with Crippen LogP contribution in [-0.4, -0.2) is 24.7 Å². The van der Waals surface area contributed by atoms with Gasteiger partial charge in [-0.25, -0.2) is 0 Å². The van der Waals surface area contributed by atoms with Gasteiger partial charge in [0.05, 0.1) is 0 Å². The lowest BCUT2D eigenvalue weighted by Crippen LogP contribution is -2.28. The first-order chi connectivity index (χ1) is 14.4. The number of hydrogen-bond acceptors (Lipinski definition) is 4. The first-order valence-electron chi connectivity index (χ1n) is 11.2. The average molecular weight is 406 g/mol. The second-order valence-electron chi connectivity index (χ2n) is 8.84. The van der Waals surface area contributed by atoms with E-state index >= 15 is 0 Å². The van der Waals surface area contributed by atoms with Gasteiger partial charge in [0.25, 0.3) is 0 Å². The summed E-state index contributed by atoms with van der Waals surface area (Å²) >= 11 is 0. The van der Waals surface area contributed by atoms with Crippen LogP contribution in [0.25, 0.3) is 5.57 Å². The van der Waals surface area contributed by atoms with Crippen LogP contribution < -0.4 is 4.90 Å². The van der Waals surface area contributed by atoms with Gasteiger partial charge in [-0.05, 0) is 75.1 Å². The van der Waals surface area contributed by atoms with E-state index in [1.807, 2.05) is 12.1 Å². The maximum Gasteiger partial charge on any atom is 0.196 e. The van der Waals surface area contributed by atoms with E-state index in [0.29, 0.717) is 12.0 Å². The summed E-state index contributed by atoms with van der Waals surface area (Å²) in [5, 5.41) is 0. The fourth-order valence-electron chi connectivity index (χ4n) is 4.87. The molecule has 2 aliphatic rings. The molecular formula is C26H31NO3. The fourth-order valence-corrected chi connectivity index (χ4v) is 4.87. The van der Waals surface area contributed by atoms with Crippen LogP contribution in [0.3, 0.4) is 0 Å². The highest BCUT2D eigenvalue weighted by Gasteiger charge is 2.25. The molecule has 0 saturated carbocycles. The number of benzene rings is 1. The number of furan rings is 1. The van der Waals surface area contributed by atoms with E-state index in [-0.39, 0.29) is 17.5 Å². The molecule has 1 aromatic carbocycles. The first-order valence-corrected chi connectivity index (χ1v) is 11.2. The van der Waals surface area contributed by atoms with Crippen molar-refractivity contribution in [1.82, 2.24) is 0 Å². The van der Waals surface area contributed by atoms with Crippen LogP contribution in [0.1, 0.15) is 84.9 Å². The Morgan fingerprint density at radius 3 is 2.57 bits per heavy atom. The summed E-state index contributed by atoms with van der Waals surface area (Å²) in [7, 11) is 0. The summed E-state index contributed by atoms with van der Waals surface area (Å²) < 4.78 is 6.32. The standard InChI is InChI=1S/C26H31NO3/c1-17-7-8-21-16-20(19(3)28)9-10-22(21)23(29)15-18(2)26(17)24-11-12-25(30-24)27-13-5-4-6-14-27/h9-12,16,18H,4-8,13-15H2,1-3H3/b26-17-. The second-order valence-corrected chi connectivity index (χ2v) is 8.84. The van der Waals surface area contributed by atoms with Gasteiger partial charge < -0.3 is 9.32 Å². The van der Waals surface area contributed by atoms with Crippen molar-refractivity contribution in [3.05, 3.63) is 58.4 Å². The number of rotatable bonds is 3. The molecule has 1 aliphatic carbocycles. The molecule has 4 rings (SSSR count). The van der Waals surface area contributed by atoms with Gasteiger partial charge in [0.15, 0.2) is 17.5 Å². The molecule has 30 heavy (non-hydrogen) atoms. The van der Waals surface area contributed by atoms with Crippen LogP contribution in [0.2, 0.25) is 0 Å². The summed E-state index contributed by atoms with van der Waals surface area (Å²) in [5.41, 5.74) is 4.83. The van der Waals surface area contributed by atoms with Crippen molar-refractivity contribution in [2.45, 2.75) is 59.3 Å². The van der Waals surface area contributed by atoms with Crippen molar-refractivity contribution in [3.8, 4) is 0 Å². The van der Waals surface area contributed by atoms with Gasteiger partial charge >= 0.3 is 0 Å². The van der Waals surface area contributed by atoms with Gasteiger partial charge in [-0.15, -0.1) is 0 Å². The topological polar surface area (TPSA) is 50.5 Å². The lowest BCUT2D eigenvalue weighted by Gasteiger charge is -2.26. The summed E-state index contributed by atoms with van der Waals surface area (Å²) in [6.07, 6.45) is 5.76. The zero-order valence-electron chi connectivity index (χ0n) is 18.3. The Morgan fingerprint density at radius 1 is 1.07 bits per heavy atom. The number of piperidine rings is 1. The van der Waals surface area contributed by atoms with E-state index in [9.17, 15) is 9.59 Å². The number of allylic oxidation sites excluding steroid dienone is 2. The zero-order valence-corrected chi connectivity index (χ0v) is 18.3. The Kier molecular flexibility index (Phi) is 5.94. The molecule has 0 amide bonds. The van der Waals surface area contributed by atoms with E-state index < -0.39 is 0 Å². The Bertz CT molecular complexity index is 991. The van der Waals surface area contributed by atoms with Crippen molar-refractivity contribution < 1.29 is 14.0 Å². The number of carbonyl (C=O) groups excluding carboxylic acids is 2. The molecular weight excluding hydrogens is 374 g/mol. The third-order valence-corrected chi connectivity index (χ3v) is 6.55. The van der Waals surface area contributed by atoms with Crippen molar-refractivity contribution in [1.29, 1.82) is 0 Å². The van der Waals surface area contributed by atoms with Gasteiger partial charge in [-0.2, -0.15) is 0 Å². The number of nitrogens with zero attached hydrogens (tertiary/aromatic N) is 1. The number of anilines is 1. The fraction of sp³-hybridized carbons (Fsp3) is 0.462. The van der Waals surface area contributed by atoms with Crippen molar-refractivity contribution >= 4 is 23.0 Å². The number of Topliss-reactive ketones (excluding diaryl/α,β-unsaturated/α-hetero) is 2. The van der Waals surface area contributed by atoms with Crippen molar-refractivity contribution in [2.24, 2.45) is 5.92 Å². The molecule has 0 radical (unpaired) electrons. The summed E-state index contributed by atoms with van der Waals surface area (Å²) in [4.78, 5) is 27.2. The maximum absolute atomic E-state index is 13.1. The summed E-state index contributed by atoms with van der Waals surface area (Å²) in [6, 6.07) is 9.67. The number of fused-ring (bicyclic) bond motifs is 1. The van der Waals surface area contributed by atoms with E-state index in [1.165, 1.54) is 24.8 Å². The Labute approximate surface area is 179 Å². The van der Waals surface area contributed by atoms with E-state index in [4.69, 9.17) is 4.42 Å². The molecule has 2 heterocycles. The number of aryl methyl sites for hydroxylation is 1. The predicted molar refractivity (Wildman–Crippen MR) is 120 cm³/mol. The molecule has 4 nitrogen and oxygen atoms in total. The SMILES string of the molecule is CC(=O)c1ccc2c(c1)CC/C(C)=C(\c1ccc(N3CCCCC3)o1)C(C)CC2=O. The van der Waals surface area contributed by atoms with Crippen LogP contribution in [0.5, 0.6) is 0 Å². The molecule has 0 spiro atoms. The van der Waals surface area contributed by atoms with Crippen molar-refractivity contribution in [3.63, 3.8) is 0 Å². The van der Waals surface area contributed by atoms with Gasteiger partial charge in [0.2, 0.25) is 0 Å². The largest absolute Gasteiger partial charge is 0.441 e. The van der Waals surface area contributed by atoms with Gasteiger partial charge in [0.1, 0.15) is 5.76 Å². The van der Waals surface area contributed by atoms with Crippen molar-refractivity contribution in [2.75, 3.05) is 18.0 Å². The number of ketones is 2.